The number of ether oxygens (including phenoxy) is 1. The fourth-order valence-electron chi connectivity index (χ4n) is 1.80. The molecule has 0 amide bonds. The van der Waals surface area contributed by atoms with Gasteiger partial charge in [-0.2, -0.15) is 13.2 Å². The molecule has 21 heavy (non-hydrogen) atoms. The highest BCUT2D eigenvalue weighted by molar-refractivity contribution is 7.15. The third-order valence-corrected chi connectivity index (χ3v) is 3.64. The molecule has 2 heterocycles. The van der Waals surface area contributed by atoms with Crippen LogP contribution in [0, 0.1) is 13.8 Å². The molecule has 2 aromatic heterocycles. The summed E-state index contributed by atoms with van der Waals surface area (Å²) < 4.78 is 43.0. The molecule has 0 aliphatic heterocycles. The lowest BCUT2D eigenvalue weighted by Gasteiger charge is -2.09. The van der Waals surface area contributed by atoms with Crippen LogP contribution in [-0.2, 0) is 11.3 Å². The topological polar surface area (TPSA) is 69.9 Å². The Kier molecular flexibility index (Phi) is 3.99. The number of rotatable bonds is 3. The van der Waals surface area contributed by atoms with Gasteiger partial charge in [0.2, 0.25) is 0 Å². The van der Waals surface area contributed by atoms with Gasteiger partial charge < -0.3 is 4.74 Å². The summed E-state index contributed by atoms with van der Waals surface area (Å²) in [5, 5.41) is 7.60. The molecular formula is C11H11F3N4O2S. The molecule has 6 nitrogen and oxygen atoms in total. The minimum Gasteiger partial charge on any atom is -0.464 e. The summed E-state index contributed by atoms with van der Waals surface area (Å²) in [4.78, 5) is 16.2. The summed E-state index contributed by atoms with van der Waals surface area (Å²) in [6.07, 6.45) is -4.48. The van der Waals surface area contributed by atoms with E-state index in [0.29, 0.717) is 20.3 Å². The molecule has 0 aliphatic carbocycles. The lowest BCUT2D eigenvalue weighted by atomic mass is 10.2. The molecular weight excluding hydrogens is 309 g/mol. The number of hydrogen-bond acceptors (Lipinski definition) is 6. The summed E-state index contributed by atoms with van der Waals surface area (Å²) in [6.45, 7) is 2.02. The van der Waals surface area contributed by atoms with Crippen LogP contribution in [-0.4, -0.2) is 39.2 Å². The molecule has 0 saturated heterocycles. The second-order valence-corrected chi connectivity index (χ2v) is 5.40. The molecule has 0 unspecified atom stereocenters. The van der Waals surface area contributed by atoms with E-state index in [2.05, 4.69) is 20.0 Å². The predicted molar refractivity (Wildman–Crippen MR) is 68.0 cm³/mol. The molecule has 0 saturated carbocycles. The van der Waals surface area contributed by atoms with Gasteiger partial charge in [-0.25, -0.2) is 14.5 Å². The van der Waals surface area contributed by atoms with E-state index in [-0.39, 0.29) is 11.4 Å². The van der Waals surface area contributed by atoms with E-state index in [9.17, 15) is 18.0 Å². The minimum atomic E-state index is -4.48. The molecule has 114 valence electrons. The van der Waals surface area contributed by atoms with Gasteiger partial charge in [-0.3, -0.25) is 0 Å². The number of aryl methyl sites for hydroxylation is 2. The van der Waals surface area contributed by atoms with E-state index >= 15 is 0 Å². The van der Waals surface area contributed by atoms with Crippen molar-refractivity contribution < 1.29 is 22.7 Å². The number of alkyl halides is 3. The highest BCUT2D eigenvalue weighted by Crippen LogP contribution is 2.33. The average molecular weight is 320 g/mol. The van der Waals surface area contributed by atoms with Crippen molar-refractivity contribution in [1.29, 1.82) is 0 Å². The molecule has 2 rings (SSSR count). The van der Waals surface area contributed by atoms with Crippen LogP contribution in [0.2, 0.25) is 0 Å². The first-order valence-electron chi connectivity index (χ1n) is 5.76. The maximum Gasteiger partial charge on any atom is 0.408 e. The van der Waals surface area contributed by atoms with Gasteiger partial charge in [0, 0.05) is 0 Å². The second-order valence-electron chi connectivity index (χ2n) is 4.20. The first-order chi connectivity index (χ1) is 9.73. The molecule has 0 aromatic carbocycles. The zero-order valence-electron chi connectivity index (χ0n) is 11.4. The molecule has 0 N–H and O–H groups in total. The predicted octanol–water partition coefficient (Wildman–Crippen LogP) is 2.37. The number of thiazole rings is 1. The van der Waals surface area contributed by atoms with Crippen LogP contribution in [0.3, 0.4) is 0 Å². The fraction of sp³-hybridized carbons (Fsp3) is 0.455. The Morgan fingerprint density at radius 1 is 1.38 bits per heavy atom. The number of nitrogens with zero attached hydrogens (tertiary/aromatic N) is 4. The Bertz CT molecular complexity index is 678. The van der Waals surface area contributed by atoms with Gasteiger partial charge >= 0.3 is 12.1 Å². The van der Waals surface area contributed by atoms with Crippen LogP contribution in [0.15, 0.2) is 0 Å². The minimum absolute atomic E-state index is 0.0257. The van der Waals surface area contributed by atoms with Crippen molar-refractivity contribution in [3.05, 3.63) is 16.4 Å². The quantitative estimate of drug-likeness (QED) is 0.812. The smallest absolute Gasteiger partial charge is 0.408 e. The number of carbonyl (C=O) groups excluding carboxylic acids is 1. The largest absolute Gasteiger partial charge is 0.464 e. The monoisotopic (exact) mass is 320 g/mol. The number of esters is 1. The first kappa shape index (κ1) is 15.4. The van der Waals surface area contributed by atoms with Crippen molar-refractivity contribution in [3.8, 4) is 10.6 Å². The second kappa shape index (κ2) is 5.43. The summed E-state index contributed by atoms with van der Waals surface area (Å²) in [5.41, 5.74) is 0.226. The van der Waals surface area contributed by atoms with E-state index < -0.39 is 18.7 Å². The zero-order valence-corrected chi connectivity index (χ0v) is 12.2. The third kappa shape index (κ3) is 3.20. The molecule has 0 radical (unpaired) electrons. The number of aromatic nitrogens is 4. The third-order valence-electron chi connectivity index (χ3n) is 2.56. The van der Waals surface area contributed by atoms with Crippen molar-refractivity contribution >= 4 is 17.3 Å². The first-order valence-corrected chi connectivity index (χ1v) is 6.57. The van der Waals surface area contributed by atoms with Crippen molar-refractivity contribution in [2.24, 2.45) is 0 Å². The lowest BCUT2D eigenvalue weighted by Crippen LogP contribution is -2.19. The molecule has 0 aliphatic rings. The summed E-state index contributed by atoms with van der Waals surface area (Å²) in [6, 6.07) is 0. The van der Waals surface area contributed by atoms with Gasteiger partial charge in [0.25, 0.3) is 0 Å². The van der Waals surface area contributed by atoms with Gasteiger partial charge in [-0.1, -0.05) is 5.21 Å². The Morgan fingerprint density at radius 3 is 2.52 bits per heavy atom. The van der Waals surface area contributed by atoms with E-state index in [0.717, 1.165) is 7.11 Å². The van der Waals surface area contributed by atoms with E-state index in [4.69, 9.17) is 0 Å². The van der Waals surface area contributed by atoms with Gasteiger partial charge in [-0.05, 0) is 13.8 Å². The lowest BCUT2D eigenvalue weighted by molar-refractivity contribution is -0.142. The Balaban J connectivity index is 2.61. The van der Waals surface area contributed by atoms with Gasteiger partial charge in [0.05, 0.1) is 22.7 Å². The summed E-state index contributed by atoms with van der Waals surface area (Å²) in [7, 11) is 1.12. The normalized spacial score (nSPS) is 11.7. The standard InChI is InChI=1S/C11H11F3N4O2S/c1-5-9(21-6(2)15-5)8-7(10(19)20-3)16-17-18(8)4-11(12,13)14/h4H2,1-3H3. The average Bonchev–Trinajstić information content (AvgIpc) is 2.89. The zero-order chi connectivity index (χ0) is 15.8. The fourth-order valence-corrected chi connectivity index (χ4v) is 2.77. The van der Waals surface area contributed by atoms with Gasteiger partial charge in [0.15, 0.2) is 5.69 Å². The highest BCUT2D eigenvalue weighted by Gasteiger charge is 2.33. The number of halogens is 3. The number of carbonyl (C=O) groups is 1. The summed E-state index contributed by atoms with van der Waals surface area (Å²) in [5.74, 6) is -0.844. The van der Waals surface area contributed by atoms with Crippen molar-refractivity contribution in [3.63, 3.8) is 0 Å². The Morgan fingerprint density at radius 2 is 2.05 bits per heavy atom. The maximum atomic E-state index is 12.6. The Labute approximate surface area is 121 Å². The van der Waals surface area contributed by atoms with Crippen LogP contribution in [0.5, 0.6) is 0 Å². The molecule has 0 fully saturated rings. The molecule has 0 spiro atoms. The Hall–Kier alpha value is -1.97. The molecule has 0 atom stereocenters. The van der Waals surface area contributed by atoms with Crippen LogP contribution in [0.4, 0.5) is 13.2 Å². The van der Waals surface area contributed by atoms with Crippen molar-refractivity contribution in [1.82, 2.24) is 20.0 Å². The summed E-state index contributed by atoms with van der Waals surface area (Å²) >= 11 is 1.17. The van der Waals surface area contributed by atoms with E-state index in [1.807, 2.05) is 0 Å². The molecule has 2 aromatic rings. The SMILES string of the molecule is COC(=O)c1nnn(CC(F)(F)F)c1-c1sc(C)nc1C. The number of hydrogen-bond donors (Lipinski definition) is 0. The van der Waals surface area contributed by atoms with Gasteiger partial charge in [-0.15, -0.1) is 16.4 Å². The van der Waals surface area contributed by atoms with Crippen molar-refractivity contribution in [2.45, 2.75) is 26.6 Å². The highest BCUT2D eigenvalue weighted by atomic mass is 32.1. The van der Waals surface area contributed by atoms with Crippen LogP contribution in [0.1, 0.15) is 21.2 Å². The van der Waals surface area contributed by atoms with Crippen LogP contribution in [0.25, 0.3) is 10.6 Å². The van der Waals surface area contributed by atoms with Crippen LogP contribution < -0.4 is 0 Å². The van der Waals surface area contributed by atoms with Crippen LogP contribution >= 0.6 is 11.3 Å². The molecule has 10 heteroatoms. The van der Waals surface area contributed by atoms with Crippen molar-refractivity contribution in [2.75, 3.05) is 7.11 Å². The maximum absolute atomic E-state index is 12.6. The molecule has 0 bridgehead atoms. The van der Waals surface area contributed by atoms with E-state index in [1.54, 1.807) is 13.8 Å². The number of methoxy groups -OCH3 is 1. The van der Waals surface area contributed by atoms with Gasteiger partial charge in [0.1, 0.15) is 12.2 Å². The van der Waals surface area contributed by atoms with E-state index in [1.165, 1.54) is 11.3 Å².